The van der Waals surface area contributed by atoms with E-state index < -0.39 is 13.0 Å². The first-order valence-corrected chi connectivity index (χ1v) is 3.89. The minimum Gasteiger partial charge on any atom is -0.353 e. The average molecular weight is 177 g/mol. The van der Waals surface area contributed by atoms with Gasteiger partial charge in [0.1, 0.15) is 6.67 Å². The van der Waals surface area contributed by atoms with Crippen molar-refractivity contribution >= 4 is 5.91 Å². The number of hydrogen-bond acceptors (Lipinski definition) is 3. The average Bonchev–Trinajstić information content (AvgIpc) is 2.53. The summed E-state index contributed by atoms with van der Waals surface area (Å²) in [6.07, 6.45) is -0.287. The number of alkyl halides is 1. The first kappa shape index (κ1) is 9.41. The maximum absolute atomic E-state index is 11.6. The highest BCUT2D eigenvalue weighted by molar-refractivity contribution is 5.76. The number of nitrogens with one attached hydrogen (secondary N) is 1. The van der Waals surface area contributed by atoms with E-state index in [1.54, 1.807) is 0 Å². The Morgan fingerprint density at radius 1 is 1.50 bits per heavy atom. The summed E-state index contributed by atoms with van der Waals surface area (Å²) in [5.74, 6) is -0.237. The largest absolute Gasteiger partial charge is 0.353 e. The first-order chi connectivity index (χ1) is 5.83. The molecule has 0 aromatic carbocycles. The molecule has 0 spiro atoms. The summed E-state index contributed by atoms with van der Waals surface area (Å²) in [6, 6.07) is 0. The maximum Gasteiger partial charge on any atom is 0.225 e. The van der Waals surface area contributed by atoms with Crippen molar-refractivity contribution < 1.29 is 18.7 Å². The fourth-order valence-electron chi connectivity index (χ4n) is 0.935. The van der Waals surface area contributed by atoms with Crippen molar-refractivity contribution in [1.82, 2.24) is 5.32 Å². The highest BCUT2D eigenvalue weighted by Crippen LogP contribution is 2.06. The molecule has 0 aliphatic carbocycles. The van der Waals surface area contributed by atoms with Crippen LogP contribution in [0.25, 0.3) is 0 Å². The number of hydrogen-bond donors (Lipinski definition) is 1. The summed E-state index contributed by atoms with van der Waals surface area (Å²) >= 11 is 0. The summed E-state index contributed by atoms with van der Waals surface area (Å²) < 4.78 is 21.6. The maximum atomic E-state index is 11.6. The molecule has 1 fully saturated rings. The Labute approximate surface area is 70.0 Å². The topological polar surface area (TPSA) is 47.6 Å². The zero-order valence-corrected chi connectivity index (χ0v) is 6.72. The highest BCUT2D eigenvalue weighted by atomic mass is 19.1. The molecule has 12 heavy (non-hydrogen) atoms. The van der Waals surface area contributed by atoms with E-state index in [1.165, 1.54) is 0 Å². The molecule has 0 saturated carbocycles. The zero-order valence-electron chi connectivity index (χ0n) is 6.72. The molecule has 1 heterocycles. The van der Waals surface area contributed by atoms with Crippen LogP contribution in [0.5, 0.6) is 0 Å². The monoisotopic (exact) mass is 177 g/mol. The van der Waals surface area contributed by atoms with E-state index in [4.69, 9.17) is 9.47 Å². The Balaban J connectivity index is 2.08. The van der Waals surface area contributed by atoms with Crippen molar-refractivity contribution in [3.8, 4) is 0 Å². The van der Waals surface area contributed by atoms with E-state index in [0.29, 0.717) is 13.2 Å². The van der Waals surface area contributed by atoms with Gasteiger partial charge in [0.25, 0.3) is 0 Å². The van der Waals surface area contributed by atoms with Crippen molar-refractivity contribution in [3.63, 3.8) is 0 Å². The van der Waals surface area contributed by atoms with E-state index >= 15 is 0 Å². The SMILES string of the molecule is O=C(CC1OCCO1)NCCF. The summed E-state index contributed by atoms with van der Waals surface area (Å²) in [7, 11) is 0. The molecule has 0 atom stereocenters. The highest BCUT2D eigenvalue weighted by Gasteiger charge is 2.18. The van der Waals surface area contributed by atoms with Gasteiger partial charge in [-0.2, -0.15) is 0 Å². The number of carbonyl (C=O) groups is 1. The van der Waals surface area contributed by atoms with Gasteiger partial charge in [0.2, 0.25) is 5.91 Å². The van der Waals surface area contributed by atoms with Gasteiger partial charge in [-0.3, -0.25) is 4.79 Å². The van der Waals surface area contributed by atoms with Crippen LogP contribution in [-0.4, -0.2) is 38.6 Å². The molecule has 1 N–H and O–H groups in total. The van der Waals surface area contributed by atoms with Gasteiger partial charge in [-0.1, -0.05) is 0 Å². The molecule has 0 bridgehead atoms. The Morgan fingerprint density at radius 2 is 2.17 bits per heavy atom. The van der Waals surface area contributed by atoms with Crippen LogP contribution >= 0.6 is 0 Å². The third-order valence-corrected chi connectivity index (χ3v) is 1.46. The predicted octanol–water partition coefficient (Wildman–Crippen LogP) is -0.165. The minimum atomic E-state index is -0.544. The van der Waals surface area contributed by atoms with Gasteiger partial charge < -0.3 is 14.8 Å². The third kappa shape index (κ3) is 3.15. The second-order valence-corrected chi connectivity index (χ2v) is 2.41. The van der Waals surface area contributed by atoms with Crippen molar-refractivity contribution in [1.29, 1.82) is 0 Å². The second kappa shape index (κ2) is 5.05. The van der Waals surface area contributed by atoms with Crippen LogP contribution in [0.2, 0.25) is 0 Å². The number of rotatable bonds is 4. The van der Waals surface area contributed by atoms with Crippen molar-refractivity contribution in [2.45, 2.75) is 12.7 Å². The molecule has 0 aromatic rings. The van der Waals surface area contributed by atoms with Gasteiger partial charge in [0.15, 0.2) is 6.29 Å². The lowest BCUT2D eigenvalue weighted by atomic mass is 10.4. The lowest BCUT2D eigenvalue weighted by Gasteiger charge is -2.07. The summed E-state index contributed by atoms with van der Waals surface area (Å²) in [5.41, 5.74) is 0. The number of amides is 1. The molecule has 70 valence electrons. The molecule has 5 heteroatoms. The standard InChI is InChI=1S/C7H12FNO3/c8-1-2-9-6(10)5-7-11-3-4-12-7/h7H,1-5H2,(H,9,10). The Kier molecular flexibility index (Phi) is 3.96. The van der Waals surface area contributed by atoms with E-state index in [9.17, 15) is 9.18 Å². The van der Waals surface area contributed by atoms with Crippen LogP contribution in [0.1, 0.15) is 6.42 Å². The summed E-state index contributed by atoms with van der Waals surface area (Å²) in [6.45, 7) is 0.575. The van der Waals surface area contributed by atoms with Crippen molar-refractivity contribution in [2.24, 2.45) is 0 Å². The summed E-state index contributed by atoms with van der Waals surface area (Å²) in [5, 5.41) is 2.39. The molecule has 1 aliphatic heterocycles. The van der Waals surface area contributed by atoms with Crippen LogP contribution in [0.15, 0.2) is 0 Å². The Bertz CT molecular complexity index is 148. The molecule has 1 rings (SSSR count). The molecule has 1 saturated heterocycles. The minimum absolute atomic E-state index is 0.0611. The number of halogens is 1. The molecular weight excluding hydrogens is 165 g/mol. The molecule has 0 radical (unpaired) electrons. The van der Waals surface area contributed by atoms with Crippen LogP contribution in [0, 0.1) is 0 Å². The number of ether oxygens (including phenoxy) is 2. The van der Waals surface area contributed by atoms with Crippen LogP contribution in [0.4, 0.5) is 4.39 Å². The van der Waals surface area contributed by atoms with Gasteiger partial charge in [-0.25, -0.2) is 4.39 Å². The lowest BCUT2D eigenvalue weighted by Crippen LogP contribution is -2.29. The van der Waals surface area contributed by atoms with Crippen LogP contribution < -0.4 is 5.32 Å². The second-order valence-electron chi connectivity index (χ2n) is 2.41. The fraction of sp³-hybridized carbons (Fsp3) is 0.857. The van der Waals surface area contributed by atoms with Gasteiger partial charge >= 0.3 is 0 Å². The fourth-order valence-corrected chi connectivity index (χ4v) is 0.935. The van der Waals surface area contributed by atoms with Crippen molar-refractivity contribution in [3.05, 3.63) is 0 Å². The molecular formula is C7H12FNO3. The van der Waals surface area contributed by atoms with Crippen LogP contribution in [-0.2, 0) is 14.3 Å². The van der Waals surface area contributed by atoms with E-state index in [0.717, 1.165) is 0 Å². The van der Waals surface area contributed by atoms with Gasteiger partial charge in [0.05, 0.1) is 19.6 Å². The normalized spacial score (nSPS) is 18.1. The quantitative estimate of drug-likeness (QED) is 0.648. The van der Waals surface area contributed by atoms with E-state index in [1.807, 2.05) is 0 Å². The molecule has 1 amide bonds. The summed E-state index contributed by atoms with van der Waals surface area (Å²) in [4.78, 5) is 10.9. The van der Waals surface area contributed by atoms with E-state index in [-0.39, 0.29) is 18.9 Å². The molecule has 1 aliphatic rings. The lowest BCUT2D eigenvalue weighted by molar-refractivity contribution is -0.129. The zero-order chi connectivity index (χ0) is 8.81. The van der Waals surface area contributed by atoms with E-state index in [2.05, 4.69) is 5.32 Å². The van der Waals surface area contributed by atoms with Gasteiger partial charge in [-0.15, -0.1) is 0 Å². The molecule has 0 aromatic heterocycles. The van der Waals surface area contributed by atoms with Crippen molar-refractivity contribution in [2.75, 3.05) is 26.4 Å². The van der Waals surface area contributed by atoms with Gasteiger partial charge in [-0.05, 0) is 0 Å². The predicted molar refractivity (Wildman–Crippen MR) is 39.3 cm³/mol. The molecule has 0 unspecified atom stereocenters. The van der Waals surface area contributed by atoms with Gasteiger partial charge in [0, 0.05) is 6.54 Å². The first-order valence-electron chi connectivity index (χ1n) is 3.89. The Morgan fingerprint density at radius 3 is 2.75 bits per heavy atom. The third-order valence-electron chi connectivity index (χ3n) is 1.46. The smallest absolute Gasteiger partial charge is 0.225 e. The Hall–Kier alpha value is -0.680. The number of carbonyl (C=O) groups excluding carboxylic acids is 1. The molecule has 4 nitrogen and oxygen atoms in total. The van der Waals surface area contributed by atoms with Crippen LogP contribution in [0.3, 0.4) is 0 Å².